The number of amides is 1. The molecule has 2 aromatic heterocycles. The van der Waals surface area contributed by atoms with E-state index in [1.165, 1.54) is 6.33 Å². The van der Waals surface area contributed by atoms with Crippen molar-refractivity contribution in [1.29, 1.82) is 0 Å². The molecular formula is C14H20ClN5O3. The zero-order valence-electron chi connectivity index (χ0n) is 13.2. The molecule has 0 aliphatic heterocycles. The Bertz CT molecular complexity index is 648. The molecule has 0 aliphatic rings. The van der Waals surface area contributed by atoms with Crippen molar-refractivity contribution in [3.63, 3.8) is 0 Å². The van der Waals surface area contributed by atoms with Crippen molar-refractivity contribution in [3.05, 3.63) is 11.5 Å². The third-order valence-corrected chi connectivity index (χ3v) is 3.29. The maximum atomic E-state index is 12.2. The Hall–Kier alpha value is -1.93. The third-order valence-electron chi connectivity index (χ3n) is 3.02. The van der Waals surface area contributed by atoms with Crippen LogP contribution in [0.25, 0.3) is 11.2 Å². The molecule has 0 atom stereocenters. The highest BCUT2D eigenvalue weighted by atomic mass is 35.5. The number of halogens is 1. The summed E-state index contributed by atoms with van der Waals surface area (Å²) >= 11 is 6.08. The number of fused-ring (bicyclic) bond motifs is 1. The molecule has 2 aromatic rings. The van der Waals surface area contributed by atoms with E-state index in [2.05, 4.69) is 19.9 Å². The lowest BCUT2D eigenvalue weighted by molar-refractivity contribution is 0.0707. The number of nitrogens with one attached hydrogen (secondary N) is 1. The van der Waals surface area contributed by atoms with Crippen LogP contribution in [-0.2, 0) is 9.57 Å². The van der Waals surface area contributed by atoms with Gasteiger partial charge in [-0.15, -0.1) is 5.06 Å². The summed E-state index contributed by atoms with van der Waals surface area (Å²) in [5.41, 5.74) is 0.855. The van der Waals surface area contributed by atoms with E-state index in [0.717, 1.165) is 30.7 Å². The lowest BCUT2D eigenvalue weighted by Crippen LogP contribution is -2.34. The molecule has 126 valence electrons. The van der Waals surface area contributed by atoms with Crippen molar-refractivity contribution in [3.8, 4) is 0 Å². The Morgan fingerprint density at radius 3 is 2.74 bits per heavy atom. The summed E-state index contributed by atoms with van der Waals surface area (Å²) in [6.07, 6.45) is 4.20. The molecule has 1 N–H and O–H groups in total. The molecule has 0 bridgehead atoms. The average molecular weight is 342 g/mol. The van der Waals surface area contributed by atoms with Crippen LogP contribution in [0.5, 0.6) is 0 Å². The van der Waals surface area contributed by atoms with Gasteiger partial charge in [-0.1, -0.05) is 38.3 Å². The van der Waals surface area contributed by atoms with Crippen LogP contribution in [-0.4, -0.2) is 39.2 Å². The zero-order valence-corrected chi connectivity index (χ0v) is 14.0. The number of carbonyl (C=O) groups is 1. The summed E-state index contributed by atoms with van der Waals surface area (Å²) in [5, 5.41) is 1.10. The normalized spacial score (nSPS) is 10.9. The lowest BCUT2D eigenvalue weighted by Gasteiger charge is -2.19. The summed E-state index contributed by atoms with van der Waals surface area (Å²) in [4.78, 5) is 32.8. The van der Waals surface area contributed by atoms with Gasteiger partial charge in [0.25, 0.3) is 5.95 Å². The van der Waals surface area contributed by atoms with Crippen LogP contribution in [0.3, 0.4) is 0 Å². The minimum Gasteiger partial charge on any atom is -0.448 e. The van der Waals surface area contributed by atoms with Gasteiger partial charge in [-0.05, 0) is 12.8 Å². The number of hydrogen-bond acceptors (Lipinski definition) is 6. The number of aromatic nitrogens is 4. The molecule has 0 saturated heterocycles. The predicted octanol–water partition coefficient (Wildman–Crippen LogP) is 3.48. The van der Waals surface area contributed by atoms with Gasteiger partial charge in [-0.3, -0.25) is 4.84 Å². The highest BCUT2D eigenvalue weighted by molar-refractivity contribution is 6.33. The summed E-state index contributed by atoms with van der Waals surface area (Å²) in [7, 11) is 0. The van der Waals surface area contributed by atoms with E-state index in [0.29, 0.717) is 24.4 Å². The fourth-order valence-electron chi connectivity index (χ4n) is 1.73. The van der Waals surface area contributed by atoms with Crippen LogP contribution >= 0.6 is 11.6 Å². The zero-order chi connectivity index (χ0) is 16.7. The van der Waals surface area contributed by atoms with Crippen LogP contribution in [0, 0.1) is 0 Å². The first-order valence-corrected chi connectivity index (χ1v) is 8.01. The Balaban J connectivity index is 2.20. The molecule has 0 saturated carbocycles. The Morgan fingerprint density at radius 1 is 1.26 bits per heavy atom. The molecule has 0 aliphatic carbocycles. The lowest BCUT2D eigenvalue weighted by atomic mass is 10.4. The van der Waals surface area contributed by atoms with Gasteiger partial charge in [0.2, 0.25) is 0 Å². The second-order valence-electron chi connectivity index (χ2n) is 4.86. The molecule has 9 heteroatoms. The topological polar surface area (TPSA) is 93.2 Å². The number of unbranched alkanes of at least 4 members (excludes halogenated alkanes) is 2. The van der Waals surface area contributed by atoms with Gasteiger partial charge in [0, 0.05) is 0 Å². The number of anilines is 1. The predicted molar refractivity (Wildman–Crippen MR) is 86.3 cm³/mol. The molecule has 0 aromatic carbocycles. The summed E-state index contributed by atoms with van der Waals surface area (Å²) in [5.74, 6) is 0.00667. The molecule has 0 radical (unpaired) electrons. The van der Waals surface area contributed by atoms with Crippen molar-refractivity contribution in [1.82, 2.24) is 19.9 Å². The van der Waals surface area contributed by atoms with Crippen molar-refractivity contribution >= 4 is 34.8 Å². The third kappa shape index (κ3) is 4.52. The van der Waals surface area contributed by atoms with Crippen molar-refractivity contribution in [2.45, 2.75) is 39.5 Å². The van der Waals surface area contributed by atoms with Crippen molar-refractivity contribution in [2.24, 2.45) is 0 Å². The molecule has 2 rings (SSSR count). The molecule has 2 heterocycles. The SMILES string of the molecule is CCCCOC(=O)N(OCCCC)c1nc(Cl)c2[nH]cnc2n1. The van der Waals surface area contributed by atoms with Crippen LogP contribution in [0.4, 0.5) is 10.7 Å². The highest BCUT2D eigenvalue weighted by Crippen LogP contribution is 2.21. The van der Waals surface area contributed by atoms with Gasteiger partial charge in [0.1, 0.15) is 5.52 Å². The van der Waals surface area contributed by atoms with Crippen LogP contribution in [0.2, 0.25) is 5.15 Å². The summed E-state index contributed by atoms with van der Waals surface area (Å²) in [6, 6.07) is 0. The first-order chi connectivity index (χ1) is 11.2. The van der Waals surface area contributed by atoms with Crippen LogP contribution < -0.4 is 5.06 Å². The first-order valence-electron chi connectivity index (χ1n) is 7.63. The molecule has 1 amide bonds. The Morgan fingerprint density at radius 2 is 2.00 bits per heavy atom. The maximum absolute atomic E-state index is 12.2. The minimum atomic E-state index is -0.666. The quantitative estimate of drug-likeness (QED) is 0.449. The van der Waals surface area contributed by atoms with Gasteiger partial charge in [0.15, 0.2) is 10.8 Å². The number of aromatic amines is 1. The van der Waals surface area contributed by atoms with E-state index < -0.39 is 6.09 Å². The number of rotatable bonds is 8. The number of ether oxygens (including phenoxy) is 1. The number of imidazole rings is 1. The number of nitrogens with zero attached hydrogens (tertiary/aromatic N) is 4. The second kappa shape index (κ2) is 8.64. The Kier molecular flexibility index (Phi) is 6.54. The average Bonchev–Trinajstić information content (AvgIpc) is 3.00. The largest absolute Gasteiger partial charge is 0.448 e. The van der Waals surface area contributed by atoms with Gasteiger partial charge in [0.05, 0.1) is 19.5 Å². The number of hydrogen-bond donors (Lipinski definition) is 1. The van der Waals surface area contributed by atoms with Gasteiger partial charge >= 0.3 is 6.09 Å². The summed E-state index contributed by atoms with van der Waals surface area (Å²) in [6.45, 7) is 4.69. The fraction of sp³-hybridized carbons (Fsp3) is 0.571. The van der Waals surface area contributed by atoms with Gasteiger partial charge < -0.3 is 9.72 Å². The molecule has 23 heavy (non-hydrogen) atoms. The van der Waals surface area contributed by atoms with Crippen LogP contribution in [0.1, 0.15) is 39.5 Å². The maximum Gasteiger partial charge on any atom is 0.441 e. The number of carbonyl (C=O) groups excluding carboxylic acids is 1. The molecule has 0 unspecified atom stereocenters. The van der Waals surface area contributed by atoms with Gasteiger partial charge in [-0.25, -0.2) is 9.78 Å². The van der Waals surface area contributed by atoms with E-state index in [9.17, 15) is 4.79 Å². The molecule has 0 fully saturated rings. The molecular weight excluding hydrogens is 322 g/mol. The molecule has 8 nitrogen and oxygen atoms in total. The van der Waals surface area contributed by atoms with E-state index in [1.807, 2.05) is 13.8 Å². The van der Waals surface area contributed by atoms with Crippen molar-refractivity contribution < 1.29 is 14.4 Å². The van der Waals surface area contributed by atoms with E-state index in [4.69, 9.17) is 21.2 Å². The van der Waals surface area contributed by atoms with Crippen molar-refractivity contribution in [2.75, 3.05) is 18.3 Å². The van der Waals surface area contributed by atoms with E-state index in [-0.39, 0.29) is 11.1 Å². The summed E-state index contributed by atoms with van der Waals surface area (Å²) < 4.78 is 5.17. The Labute approximate surface area is 139 Å². The molecule has 0 spiro atoms. The fourth-order valence-corrected chi connectivity index (χ4v) is 1.95. The number of H-pyrrole nitrogens is 1. The highest BCUT2D eigenvalue weighted by Gasteiger charge is 2.23. The first kappa shape index (κ1) is 17.4. The number of hydroxylamine groups is 1. The van der Waals surface area contributed by atoms with E-state index in [1.54, 1.807) is 0 Å². The van der Waals surface area contributed by atoms with Crippen LogP contribution in [0.15, 0.2) is 6.33 Å². The van der Waals surface area contributed by atoms with E-state index >= 15 is 0 Å². The second-order valence-corrected chi connectivity index (χ2v) is 5.22. The monoisotopic (exact) mass is 341 g/mol. The minimum absolute atomic E-state index is 0.00667. The standard InChI is InChI=1S/C14H20ClN5O3/c1-3-5-7-22-14(21)20(23-8-6-4-2)13-18-11(15)10-12(19-13)17-9-16-10/h9H,3-8H2,1-2H3,(H,16,17,18,19). The van der Waals surface area contributed by atoms with Gasteiger partial charge in [-0.2, -0.15) is 9.97 Å². The smallest absolute Gasteiger partial charge is 0.441 e.